The van der Waals surface area contributed by atoms with E-state index in [0.29, 0.717) is 12.2 Å². The third-order valence-electron chi connectivity index (χ3n) is 2.41. The number of esters is 1. The number of nitrogens with zero attached hydrogens (tertiary/aromatic N) is 1. The molecule has 24 heavy (non-hydrogen) atoms. The van der Waals surface area contributed by atoms with Gasteiger partial charge in [-0.15, -0.1) is 0 Å². The molecule has 0 unspecified atom stereocenters. The molecule has 0 aromatic carbocycles. The van der Waals surface area contributed by atoms with Crippen LogP contribution in [0.15, 0.2) is 12.2 Å². The molecule has 10 heteroatoms. The van der Waals surface area contributed by atoms with Crippen molar-refractivity contribution in [2.75, 3.05) is 27.2 Å². The monoisotopic (exact) mass is 349 g/mol. The molecule has 0 bridgehead atoms. The summed E-state index contributed by atoms with van der Waals surface area (Å²) in [5.41, 5.74) is -2.29. The van der Waals surface area contributed by atoms with Gasteiger partial charge < -0.3 is 30.1 Å². The van der Waals surface area contributed by atoms with Gasteiger partial charge in [0.15, 0.2) is 5.60 Å². The first-order valence-corrected chi connectivity index (χ1v) is 6.68. The van der Waals surface area contributed by atoms with Gasteiger partial charge in [0.05, 0.1) is 12.8 Å². The standard InChI is InChI=1S/C8H15NO2.C6H8O7/c1-7(2)8(10)11-6-5-9(3)4;7-3(8)1-6(13,5(11)12)2-4(9)10/h1,5-6H2,2-4H3;13H,1-2H2,(H,7,8)(H,9,10)(H,11,12). The van der Waals surface area contributed by atoms with Crippen molar-refractivity contribution in [3.8, 4) is 0 Å². The van der Waals surface area contributed by atoms with Gasteiger partial charge >= 0.3 is 23.9 Å². The van der Waals surface area contributed by atoms with E-state index in [-0.39, 0.29) is 5.97 Å². The molecule has 0 saturated heterocycles. The van der Waals surface area contributed by atoms with Crippen LogP contribution < -0.4 is 0 Å². The zero-order valence-corrected chi connectivity index (χ0v) is 13.8. The highest BCUT2D eigenvalue weighted by molar-refractivity contribution is 5.88. The molecule has 0 aromatic heterocycles. The van der Waals surface area contributed by atoms with E-state index >= 15 is 0 Å². The zero-order valence-electron chi connectivity index (χ0n) is 13.8. The molecule has 0 amide bonds. The number of aliphatic hydroxyl groups is 1. The highest BCUT2D eigenvalue weighted by Gasteiger charge is 2.40. The highest BCUT2D eigenvalue weighted by atomic mass is 16.5. The van der Waals surface area contributed by atoms with Gasteiger partial charge in [0, 0.05) is 12.1 Å². The van der Waals surface area contributed by atoms with Gasteiger partial charge in [0.1, 0.15) is 6.61 Å². The van der Waals surface area contributed by atoms with Crippen molar-refractivity contribution in [1.29, 1.82) is 0 Å². The fourth-order valence-electron chi connectivity index (χ4n) is 1.16. The summed E-state index contributed by atoms with van der Waals surface area (Å²) in [5.74, 6) is -5.33. The van der Waals surface area contributed by atoms with Crippen molar-refractivity contribution in [2.45, 2.75) is 25.4 Å². The molecule has 0 aliphatic carbocycles. The second-order valence-electron chi connectivity index (χ2n) is 5.20. The quantitative estimate of drug-likeness (QED) is 0.313. The van der Waals surface area contributed by atoms with Crippen molar-refractivity contribution in [2.24, 2.45) is 0 Å². The summed E-state index contributed by atoms with van der Waals surface area (Å²) in [4.78, 5) is 43.2. The van der Waals surface area contributed by atoms with Crippen molar-refractivity contribution in [3.63, 3.8) is 0 Å². The summed E-state index contributed by atoms with van der Waals surface area (Å²) in [6.07, 6.45) is -2.29. The van der Waals surface area contributed by atoms with Crippen LogP contribution in [-0.4, -0.2) is 82.1 Å². The first-order valence-electron chi connectivity index (χ1n) is 6.68. The summed E-state index contributed by atoms with van der Waals surface area (Å²) in [7, 11) is 3.85. The lowest BCUT2D eigenvalue weighted by atomic mass is 9.96. The molecule has 0 fully saturated rings. The van der Waals surface area contributed by atoms with Gasteiger partial charge in [-0.3, -0.25) is 9.59 Å². The maximum Gasteiger partial charge on any atom is 0.336 e. The fraction of sp³-hybridized carbons (Fsp3) is 0.571. The number of carbonyl (C=O) groups is 4. The molecular formula is C14H23NO9. The van der Waals surface area contributed by atoms with Gasteiger partial charge in [0.25, 0.3) is 0 Å². The highest BCUT2D eigenvalue weighted by Crippen LogP contribution is 2.15. The van der Waals surface area contributed by atoms with E-state index in [9.17, 15) is 19.2 Å². The number of likely N-dealkylation sites (N-methyl/N-ethyl adjacent to an activating group) is 1. The average molecular weight is 349 g/mol. The minimum Gasteiger partial charge on any atom is -0.481 e. The lowest BCUT2D eigenvalue weighted by molar-refractivity contribution is -0.170. The Hall–Kier alpha value is -2.46. The van der Waals surface area contributed by atoms with Crippen molar-refractivity contribution >= 4 is 23.9 Å². The van der Waals surface area contributed by atoms with Gasteiger partial charge in [0.2, 0.25) is 0 Å². The minimum atomic E-state index is -2.74. The van der Waals surface area contributed by atoms with E-state index in [1.807, 2.05) is 19.0 Å². The number of hydrogen-bond acceptors (Lipinski definition) is 7. The van der Waals surface area contributed by atoms with Crippen LogP contribution in [0.4, 0.5) is 0 Å². The van der Waals surface area contributed by atoms with Crippen molar-refractivity contribution in [3.05, 3.63) is 12.2 Å². The normalized spacial score (nSPS) is 10.4. The lowest BCUT2D eigenvalue weighted by Gasteiger charge is -2.18. The van der Waals surface area contributed by atoms with Crippen LogP contribution in [-0.2, 0) is 23.9 Å². The molecule has 0 aliphatic heterocycles. The Morgan fingerprint density at radius 1 is 1.04 bits per heavy atom. The Balaban J connectivity index is 0. The summed E-state index contributed by atoms with van der Waals surface area (Å²) in [6.45, 7) is 6.28. The summed E-state index contributed by atoms with van der Waals surface area (Å²) < 4.78 is 4.83. The molecule has 0 rings (SSSR count). The van der Waals surface area contributed by atoms with Crippen LogP contribution in [0, 0.1) is 0 Å². The van der Waals surface area contributed by atoms with Crippen molar-refractivity contribution < 1.29 is 44.3 Å². The Kier molecular flexibility index (Phi) is 11.0. The SMILES string of the molecule is C=C(C)C(=O)OCCN(C)C.O=C(O)CC(O)(CC(=O)O)C(=O)O. The van der Waals surface area contributed by atoms with E-state index in [0.717, 1.165) is 6.54 Å². The van der Waals surface area contributed by atoms with Gasteiger partial charge in [-0.1, -0.05) is 6.58 Å². The van der Waals surface area contributed by atoms with Gasteiger partial charge in [-0.25, -0.2) is 9.59 Å². The average Bonchev–Trinajstić information content (AvgIpc) is 2.36. The van der Waals surface area contributed by atoms with E-state index in [1.54, 1.807) is 6.92 Å². The van der Waals surface area contributed by atoms with Crippen LogP contribution >= 0.6 is 0 Å². The second-order valence-corrected chi connectivity index (χ2v) is 5.20. The van der Waals surface area contributed by atoms with Gasteiger partial charge in [-0.2, -0.15) is 0 Å². The van der Waals surface area contributed by atoms with Crippen LogP contribution in [0.5, 0.6) is 0 Å². The van der Waals surface area contributed by atoms with Crippen LogP contribution in [0.3, 0.4) is 0 Å². The Bertz CT molecular complexity index is 469. The number of rotatable bonds is 9. The first-order chi connectivity index (χ1) is 10.8. The minimum absolute atomic E-state index is 0.313. The van der Waals surface area contributed by atoms with E-state index < -0.39 is 36.4 Å². The molecule has 0 spiro atoms. The third kappa shape index (κ3) is 12.1. The molecule has 0 heterocycles. The van der Waals surface area contributed by atoms with E-state index in [4.69, 9.17) is 25.2 Å². The number of carboxylic acids is 3. The third-order valence-corrected chi connectivity index (χ3v) is 2.41. The zero-order chi connectivity index (χ0) is 19.5. The number of carbonyl (C=O) groups excluding carboxylic acids is 1. The molecule has 0 aliphatic rings. The first kappa shape index (κ1) is 23.8. The topological polar surface area (TPSA) is 162 Å². The van der Waals surface area contributed by atoms with E-state index in [1.165, 1.54) is 0 Å². The Labute approximate surface area is 138 Å². The Morgan fingerprint density at radius 2 is 1.46 bits per heavy atom. The molecule has 0 atom stereocenters. The van der Waals surface area contributed by atoms with E-state index in [2.05, 4.69) is 6.58 Å². The maximum atomic E-state index is 10.8. The molecule has 0 radical (unpaired) electrons. The van der Waals surface area contributed by atoms with Crippen LogP contribution in [0.25, 0.3) is 0 Å². The number of hydrogen-bond donors (Lipinski definition) is 4. The Morgan fingerprint density at radius 3 is 1.71 bits per heavy atom. The molecule has 0 saturated carbocycles. The summed E-state index contributed by atoms with van der Waals surface area (Å²) >= 11 is 0. The molecule has 4 N–H and O–H groups in total. The van der Waals surface area contributed by atoms with Crippen LogP contribution in [0.1, 0.15) is 19.8 Å². The molecule has 10 nitrogen and oxygen atoms in total. The number of ether oxygens (including phenoxy) is 1. The smallest absolute Gasteiger partial charge is 0.336 e. The molecule has 0 aromatic rings. The summed E-state index contributed by atoms with van der Waals surface area (Å²) in [5, 5.41) is 33.8. The number of carboxylic acid groups (broad SMARTS) is 3. The van der Waals surface area contributed by atoms with Crippen LogP contribution in [0.2, 0.25) is 0 Å². The van der Waals surface area contributed by atoms with Crippen molar-refractivity contribution in [1.82, 2.24) is 4.90 Å². The molecule has 138 valence electrons. The maximum absolute atomic E-state index is 10.8. The summed E-state index contributed by atoms with van der Waals surface area (Å²) in [6, 6.07) is 0. The second kappa shape index (κ2) is 11.1. The molecular weight excluding hydrogens is 326 g/mol. The predicted octanol–water partition coefficient (Wildman–Crippen LogP) is -0.581. The number of aliphatic carboxylic acids is 3. The fourth-order valence-corrected chi connectivity index (χ4v) is 1.16. The largest absolute Gasteiger partial charge is 0.481 e. The lowest BCUT2D eigenvalue weighted by Crippen LogP contribution is -2.42. The predicted molar refractivity (Wildman–Crippen MR) is 81.4 cm³/mol. The van der Waals surface area contributed by atoms with Gasteiger partial charge in [-0.05, 0) is 21.0 Å².